The molecule has 0 N–H and O–H groups in total. The van der Waals surface area contributed by atoms with Crippen molar-refractivity contribution in [1.82, 2.24) is 19.9 Å². The fraction of sp³-hybridized carbons (Fsp3) is 0.467. The monoisotopic (exact) mass is 379 g/mol. The molecule has 1 unspecified atom stereocenters. The third-order valence-corrected chi connectivity index (χ3v) is 4.24. The highest BCUT2D eigenvalue weighted by molar-refractivity contribution is 9.10. The second-order valence-corrected chi connectivity index (χ2v) is 6.19. The maximum absolute atomic E-state index is 5.72. The highest BCUT2D eigenvalue weighted by atomic mass is 79.9. The van der Waals surface area contributed by atoms with Gasteiger partial charge in [-0.25, -0.2) is 9.97 Å². The number of methoxy groups -OCH3 is 1. The standard InChI is InChI=1S/C15H18BrN5O2/c1-22-14-12(16)7-19-15(20-14)21-6-2-3-11(9-21)10-23-13-8-17-4-5-18-13/h4-5,7-8,11H,2-3,6,9-10H2,1H3. The molecular weight excluding hydrogens is 362 g/mol. The van der Waals surface area contributed by atoms with Crippen molar-refractivity contribution >= 4 is 21.9 Å². The normalized spacial score (nSPS) is 17.8. The van der Waals surface area contributed by atoms with Crippen molar-refractivity contribution in [3.05, 3.63) is 29.3 Å². The summed E-state index contributed by atoms with van der Waals surface area (Å²) in [6.07, 6.45) is 8.81. The molecule has 3 heterocycles. The van der Waals surface area contributed by atoms with Crippen LogP contribution in [0.3, 0.4) is 0 Å². The molecule has 122 valence electrons. The Labute approximate surface area is 143 Å². The van der Waals surface area contributed by atoms with E-state index < -0.39 is 0 Å². The van der Waals surface area contributed by atoms with E-state index in [0.717, 1.165) is 30.4 Å². The molecule has 1 atom stereocenters. The minimum atomic E-state index is 0.406. The molecule has 0 aliphatic carbocycles. The Bertz CT molecular complexity index is 643. The summed E-state index contributed by atoms with van der Waals surface area (Å²) in [6.45, 7) is 2.40. The number of halogens is 1. The van der Waals surface area contributed by atoms with E-state index in [1.165, 1.54) is 0 Å². The van der Waals surface area contributed by atoms with Gasteiger partial charge < -0.3 is 14.4 Å². The van der Waals surface area contributed by atoms with Crippen LogP contribution >= 0.6 is 15.9 Å². The molecule has 0 amide bonds. The summed E-state index contributed by atoms with van der Waals surface area (Å²) in [5, 5.41) is 0. The van der Waals surface area contributed by atoms with E-state index in [4.69, 9.17) is 9.47 Å². The van der Waals surface area contributed by atoms with Crippen molar-refractivity contribution in [2.24, 2.45) is 5.92 Å². The zero-order chi connectivity index (χ0) is 16.1. The number of hydrogen-bond acceptors (Lipinski definition) is 7. The van der Waals surface area contributed by atoms with E-state index >= 15 is 0 Å². The first-order valence-electron chi connectivity index (χ1n) is 7.46. The molecule has 23 heavy (non-hydrogen) atoms. The summed E-state index contributed by atoms with van der Waals surface area (Å²) in [7, 11) is 1.60. The van der Waals surface area contributed by atoms with Gasteiger partial charge in [-0.05, 0) is 28.8 Å². The zero-order valence-electron chi connectivity index (χ0n) is 12.9. The summed E-state index contributed by atoms with van der Waals surface area (Å²) in [4.78, 5) is 19.1. The molecule has 2 aromatic heterocycles. The first-order valence-corrected chi connectivity index (χ1v) is 8.26. The molecule has 0 aromatic carbocycles. The summed E-state index contributed by atoms with van der Waals surface area (Å²) in [6, 6.07) is 0. The molecule has 1 aliphatic heterocycles. The van der Waals surface area contributed by atoms with Crippen LogP contribution in [0.5, 0.6) is 11.8 Å². The first-order chi connectivity index (χ1) is 11.3. The number of aromatic nitrogens is 4. The van der Waals surface area contributed by atoms with Crippen LogP contribution in [-0.2, 0) is 0 Å². The number of anilines is 1. The molecule has 1 aliphatic rings. The molecule has 1 fully saturated rings. The molecule has 0 radical (unpaired) electrons. The highest BCUT2D eigenvalue weighted by Gasteiger charge is 2.23. The van der Waals surface area contributed by atoms with Crippen LogP contribution in [-0.4, -0.2) is 46.7 Å². The minimum absolute atomic E-state index is 0.406. The van der Waals surface area contributed by atoms with Crippen LogP contribution in [0.2, 0.25) is 0 Å². The smallest absolute Gasteiger partial charge is 0.232 e. The molecule has 7 nitrogen and oxygen atoms in total. The second kappa shape index (κ2) is 7.54. The third-order valence-electron chi connectivity index (χ3n) is 3.70. The first kappa shape index (κ1) is 15.9. The van der Waals surface area contributed by atoms with E-state index in [1.54, 1.807) is 31.9 Å². The predicted molar refractivity (Wildman–Crippen MR) is 88.7 cm³/mol. The Morgan fingerprint density at radius 3 is 3.00 bits per heavy atom. The number of piperidine rings is 1. The quantitative estimate of drug-likeness (QED) is 0.788. The summed E-state index contributed by atoms with van der Waals surface area (Å²) >= 11 is 3.38. The van der Waals surface area contributed by atoms with Crippen molar-refractivity contribution in [3.63, 3.8) is 0 Å². The Morgan fingerprint density at radius 2 is 2.22 bits per heavy atom. The predicted octanol–water partition coefficient (Wildman–Crippen LogP) is 2.33. The van der Waals surface area contributed by atoms with Gasteiger partial charge in [-0.15, -0.1) is 0 Å². The van der Waals surface area contributed by atoms with E-state index in [-0.39, 0.29) is 0 Å². The largest absolute Gasteiger partial charge is 0.480 e. The lowest BCUT2D eigenvalue weighted by Crippen LogP contribution is -2.38. The summed E-state index contributed by atoms with van der Waals surface area (Å²) < 4.78 is 11.7. The average molecular weight is 380 g/mol. The van der Waals surface area contributed by atoms with Gasteiger partial charge in [0.1, 0.15) is 0 Å². The van der Waals surface area contributed by atoms with Crippen molar-refractivity contribution in [3.8, 4) is 11.8 Å². The van der Waals surface area contributed by atoms with Gasteiger partial charge in [-0.1, -0.05) is 0 Å². The molecule has 0 bridgehead atoms. The molecule has 0 saturated carbocycles. The van der Waals surface area contributed by atoms with E-state index in [1.807, 2.05) is 0 Å². The summed E-state index contributed by atoms with van der Waals surface area (Å²) in [5.41, 5.74) is 0. The molecule has 1 saturated heterocycles. The van der Waals surface area contributed by atoms with E-state index in [0.29, 0.717) is 30.2 Å². The van der Waals surface area contributed by atoms with Crippen LogP contribution in [0.15, 0.2) is 29.3 Å². The summed E-state index contributed by atoms with van der Waals surface area (Å²) in [5.74, 6) is 2.21. The van der Waals surface area contributed by atoms with Gasteiger partial charge in [0.25, 0.3) is 0 Å². The van der Waals surface area contributed by atoms with Gasteiger partial charge >= 0.3 is 0 Å². The molecule has 3 rings (SSSR count). The fourth-order valence-corrected chi connectivity index (χ4v) is 2.94. The molecule has 2 aromatic rings. The Kier molecular flexibility index (Phi) is 5.22. The molecule has 8 heteroatoms. The zero-order valence-corrected chi connectivity index (χ0v) is 14.4. The highest BCUT2D eigenvalue weighted by Crippen LogP contribution is 2.26. The van der Waals surface area contributed by atoms with Gasteiger partial charge in [0.2, 0.25) is 17.7 Å². The molecular formula is C15H18BrN5O2. The lowest BCUT2D eigenvalue weighted by molar-refractivity contribution is 0.220. The lowest BCUT2D eigenvalue weighted by atomic mass is 9.99. The fourth-order valence-electron chi connectivity index (χ4n) is 2.58. The Morgan fingerprint density at radius 1 is 1.30 bits per heavy atom. The van der Waals surface area contributed by atoms with Crippen molar-refractivity contribution in [1.29, 1.82) is 0 Å². The van der Waals surface area contributed by atoms with Crippen LogP contribution in [0.4, 0.5) is 5.95 Å². The van der Waals surface area contributed by atoms with Crippen molar-refractivity contribution in [2.75, 3.05) is 31.7 Å². The van der Waals surface area contributed by atoms with Crippen molar-refractivity contribution < 1.29 is 9.47 Å². The minimum Gasteiger partial charge on any atom is -0.480 e. The third kappa shape index (κ3) is 4.07. The number of nitrogens with zero attached hydrogens (tertiary/aromatic N) is 5. The maximum atomic E-state index is 5.72. The number of ether oxygens (including phenoxy) is 2. The Hall–Kier alpha value is -1.96. The van der Waals surface area contributed by atoms with Crippen LogP contribution in [0, 0.1) is 5.92 Å². The topological polar surface area (TPSA) is 73.3 Å². The lowest BCUT2D eigenvalue weighted by Gasteiger charge is -2.32. The maximum Gasteiger partial charge on any atom is 0.232 e. The van der Waals surface area contributed by atoms with Gasteiger partial charge in [-0.3, -0.25) is 4.98 Å². The van der Waals surface area contributed by atoms with Crippen LogP contribution in [0.1, 0.15) is 12.8 Å². The van der Waals surface area contributed by atoms with Crippen LogP contribution in [0.25, 0.3) is 0 Å². The SMILES string of the molecule is COc1nc(N2CCCC(COc3cnccn3)C2)ncc1Br. The number of rotatable bonds is 5. The van der Waals surface area contributed by atoms with Crippen LogP contribution < -0.4 is 14.4 Å². The van der Waals surface area contributed by atoms with Gasteiger partial charge in [0.05, 0.1) is 30.6 Å². The van der Waals surface area contributed by atoms with E-state index in [9.17, 15) is 0 Å². The van der Waals surface area contributed by atoms with E-state index in [2.05, 4.69) is 40.8 Å². The molecule has 0 spiro atoms. The second-order valence-electron chi connectivity index (χ2n) is 5.34. The Balaban J connectivity index is 1.61. The van der Waals surface area contributed by atoms with Crippen molar-refractivity contribution in [2.45, 2.75) is 12.8 Å². The van der Waals surface area contributed by atoms with Gasteiger partial charge in [-0.2, -0.15) is 4.98 Å². The van der Waals surface area contributed by atoms with Gasteiger partial charge in [0.15, 0.2) is 0 Å². The number of hydrogen-bond donors (Lipinski definition) is 0. The van der Waals surface area contributed by atoms with Gasteiger partial charge in [0, 0.05) is 31.4 Å². The average Bonchev–Trinajstić information content (AvgIpc) is 2.61.